The molecule has 14 heteroatoms. The number of fused-ring (bicyclic) bond motifs is 2. The summed E-state index contributed by atoms with van der Waals surface area (Å²) in [5.74, 6) is 2.75. The van der Waals surface area contributed by atoms with Gasteiger partial charge in [-0.2, -0.15) is 5.06 Å². The Labute approximate surface area is 340 Å². The highest BCUT2D eigenvalue weighted by Crippen LogP contribution is 2.61. The maximum absolute atomic E-state index is 14.4. The first-order chi connectivity index (χ1) is 26.5. The fourth-order valence-electron chi connectivity index (χ4n) is 12.1. The summed E-state index contributed by atoms with van der Waals surface area (Å²) in [5, 5.41) is 33.3. The zero-order valence-electron chi connectivity index (χ0n) is 35.6. The van der Waals surface area contributed by atoms with Crippen LogP contribution in [0.5, 0.6) is 0 Å². The summed E-state index contributed by atoms with van der Waals surface area (Å²) < 4.78 is 6.41. The second kappa shape index (κ2) is 18.4. The molecule has 5 saturated carbocycles. The number of ether oxygens (including phenoxy) is 1. The van der Waals surface area contributed by atoms with Crippen LogP contribution in [0.1, 0.15) is 85.5 Å². The van der Waals surface area contributed by atoms with Gasteiger partial charge in [-0.05, 0) is 107 Å². The van der Waals surface area contributed by atoms with Crippen molar-refractivity contribution in [2.45, 2.75) is 134 Å². The van der Waals surface area contributed by atoms with Gasteiger partial charge in [0, 0.05) is 75.3 Å². The monoisotopic (exact) mass is 807 g/mol. The van der Waals surface area contributed by atoms with Crippen LogP contribution in [0.15, 0.2) is 0 Å². The van der Waals surface area contributed by atoms with E-state index in [9.17, 15) is 24.6 Å². The van der Waals surface area contributed by atoms with E-state index in [1.165, 1.54) is 6.42 Å². The van der Waals surface area contributed by atoms with Gasteiger partial charge >= 0.3 is 0 Å². The lowest BCUT2D eigenvalue weighted by atomic mass is 9.45. The Kier molecular flexibility index (Phi) is 14.5. The Morgan fingerprint density at radius 1 is 1.07 bits per heavy atom. The lowest BCUT2D eigenvalue weighted by Crippen LogP contribution is -2.62. The van der Waals surface area contributed by atoms with E-state index in [-0.39, 0.29) is 72.2 Å². The van der Waals surface area contributed by atoms with Crippen LogP contribution in [0.25, 0.3) is 0 Å². The van der Waals surface area contributed by atoms with Gasteiger partial charge in [0.05, 0.1) is 18.8 Å². The number of hydrogen-bond donors (Lipinski definition) is 5. The molecule has 0 aromatic heterocycles. The lowest BCUT2D eigenvalue weighted by molar-refractivity contribution is -0.193. The number of likely N-dealkylation sites (N-methyl/N-ethyl adjacent to an activating group) is 1. The molecule has 56 heavy (non-hydrogen) atoms. The normalized spacial score (nSPS) is 40.8. The SMILES string of the molecule is COC1C(CN2O[C@@H](CO)[C@@H]([C@H](C)O)[C@H]2C(=O)N[C@H]2C[C@H]3C[C@@H]([C@@H]2C)C3(C)C)CCCC1C1CC(C(=O)N[C@@H](CC2CSCN2)C(=O)N(C)C)CC(N(C)C)C1. The Morgan fingerprint density at radius 3 is 2.41 bits per heavy atom. The Morgan fingerprint density at radius 2 is 1.82 bits per heavy atom. The van der Waals surface area contributed by atoms with E-state index in [1.807, 2.05) is 11.8 Å². The molecule has 7 unspecified atom stereocenters. The number of thioether (sulfide) groups is 1. The maximum atomic E-state index is 14.4. The second-order valence-electron chi connectivity index (χ2n) is 19.5. The van der Waals surface area contributed by atoms with Gasteiger partial charge in [-0.15, -0.1) is 11.8 Å². The first kappa shape index (κ1) is 44.0. The fourth-order valence-corrected chi connectivity index (χ4v) is 13.1. The summed E-state index contributed by atoms with van der Waals surface area (Å²) in [5.41, 5.74) is 0.300. The van der Waals surface area contributed by atoms with Gasteiger partial charge in [0.2, 0.25) is 17.7 Å². The molecule has 16 atom stereocenters. The number of hydroxylamine groups is 2. The Bertz CT molecular complexity index is 1360. The molecule has 0 aromatic rings. The van der Waals surface area contributed by atoms with E-state index in [4.69, 9.17) is 9.57 Å². The molecule has 5 N–H and O–H groups in total. The molecule has 2 saturated heterocycles. The van der Waals surface area contributed by atoms with Crippen LogP contribution in [-0.4, -0.2) is 151 Å². The molecule has 2 aliphatic heterocycles. The van der Waals surface area contributed by atoms with Crippen molar-refractivity contribution in [1.82, 2.24) is 30.8 Å². The number of aliphatic hydroxyl groups is 2. The van der Waals surface area contributed by atoms with Crippen LogP contribution in [-0.2, 0) is 24.0 Å². The van der Waals surface area contributed by atoms with Crippen LogP contribution in [0.4, 0.5) is 0 Å². The highest BCUT2D eigenvalue weighted by atomic mass is 32.2. The molecule has 3 amide bonds. The minimum atomic E-state index is -0.851. The summed E-state index contributed by atoms with van der Waals surface area (Å²) in [6.07, 6.45) is 6.40. The number of aliphatic hydroxyl groups excluding tert-OH is 2. The highest BCUT2D eigenvalue weighted by Gasteiger charge is 2.58. The summed E-state index contributed by atoms with van der Waals surface area (Å²) in [6.45, 7) is 8.82. The summed E-state index contributed by atoms with van der Waals surface area (Å²) >= 11 is 1.82. The summed E-state index contributed by atoms with van der Waals surface area (Å²) in [6, 6.07) is -0.836. The van der Waals surface area contributed by atoms with Crippen molar-refractivity contribution in [2.24, 2.45) is 52.8 Å². The molecule has 0 aromatic carbocycles. The van der Waals surface area contributed by atoms with Crippen LogP contribution >= 0.6 is 11.8 Å². The maximum Gasteiger partial charge on any atom is 0.244 e. The van der Waals surface area contributed by atoms with E-state index in [0.29, 0.717) is 36.1 Å². The van der Waals surface area contributed by atoms with Gasteiger partial charge in [-0.25, -0.2) is 0 Å². The van der Waals surface area contributed by atoms with Crippen LogP contribution in [0.2, 0.25) is 0 Å². The second-order valence-corrected chi connectivity index (χ2v) is 20.6. The predicted molar refractivity (Wildman–Crippen MR) is 218 cm³/mol. The smallest absolute Gasteiger partial charge is 0.244 e. The number of hydrogen-bond acceptors (Lipinski definition) is 11. The largest absolute Gasteiger partial charge is 0.394 e. The average Bonchev–Trinajstić information content (AvgIpc) is 3.82. The molecule has 2 bridgehead atoms. The van der Waals surface area contributed by atoms with Crippen molar-refractivity contribution in [2.75, 3.05) is 60.1 Å². The lowest BCUT2D eigenvalue weighted by Gasteiger charge is -2.62. The summed E-state index contributed by atoms with van der Waals surface area (Å²) in [7, 11) is 9.45. The summed E-state index contributed by atoms with van der Waals surface area (Å²) in [4.78, 5) is 52.0. The molecular weight excluding hydrogens is 733 g/mol. The molecule has 13 nitrogen and oxygen atoms in total. The number of nitrogens with one attached hydrogen (secondary N) is 3. The van der Waals surface area contributed by atoms with Crippen molar-refractivity contribution >= 4 is 29.5 Å². The number of rotatable bonds is 14. The van der Waals surface area contributed by atoms with Crippen molar-refractivity contribution in [3.63, 3.8) is 0 Å². The van der Waals surface area contributed by atoms with E-state index in [2.05, 4.69) is 55.7 Å². The number of carbonyl (C=O) groups is 3. The van der Waals surface area contributed by atoms with E-state index in [0.717, 1.165) is 56.6 Å². The van der Waals surface area contributed by atoms with Crippen molar-refractivity contribution in [3.05, 3.63) is 0 Å². The Hall–Kier alpha value is -1.52. The van der Waals surface area contributed by atoms with Gasteiger partial charge in [-0.1, -0.05) is 27.2 Å². The van der Waals surface area contributed by atoms with Crippen molar-refractivity contribution in [3.8, 4) is 0 Å². The molecule has 0 spiro atoms. The van der Waals surface area contributed by atoms with Gasteiger partial charge in [0.1, 0.15) is 18.2 Å². The third kappa shape index (κ3) is 9.12. The molecular formula is C42H74N6O7S. The molecule has 2 heterocycles. The van der Waals surface area contributed by atoms with Gasteiger partial charge < -0.3 is 40.7 Å². The van der Waals surface area contributed by atoms with Crippen molar-refractivity contribution < 1.29 is 34.2 Å². The molecule has 5 aliphatic carbocycles. The zero-order chi connectivity index (χ0) is 40.6. The van der Waals surface area contributed by atoms with Gasteiger partial charge in [0.25, 0.3) is 0 Å². The van der Waals surface area contributed by atoms with Gasteiger partial charge in [0.15, 0.2) is 0 Å². The molecule has 0 radical (unpaired) electrons. The van der Waals surface area contributed by atoms with E-state index < -0.39 is 30.2 Å². The standard InChI is InChI=1S/C42H74N6O7S/c1-23-32-16-28(42(32,3)4)17-33(23)44-40(52)37-36(24(2)50)35(20-49)55-48(37)19-25-11-10-12-31(38(25)54-9)26-13-27(15-30(14-26)46(5)6)39(51)45-34(41(53)47(7)8)18-29-21-56-22-43-29/h23-38,43,49-50H,10-22H2,1-9H3,(H,44,52)(H,45,51)/t23-,24-,25?,26?,27?,28+,29?,30?,31?,32-,33-,34-,35-,36+,37-,38?/m0/s1. The predicted octanol–water partition coefficient (Wildman–Crippen LogP) is 2.55. The van der Waals surface area contributed by atoms with Crippen LogP contribution in [0.3, 0.4) is 0 Å². The zero-order valence-corrected chi connectivity index (χ0v) is 36.4. The number of amides is 3. The topological polar surface area (TPSA) is 156 Å². The fraction of sp³-hybridized carbons (Fsp3) is 0.929. The highest BCUT2D eigenvalue weighted by molar-refractivity contribution is 7.99. The van der Waals surface area contributed by atoms with Crippen LogP contribution in [0, 0.1) is 52.8 Å². The Balaban J connectivity index is 1.17. The third-order valence-electron chi connectivity index (χ3n) is 15.5. The molecule has 320 valence electrons. The van der Waals surface area contributed by atoms with Crippen LogP contribution < -0.4 is 16.0 Å². The average molecular weight is 807 g/mol. The molecule has 7 rings (SSSR count). The van der Waals surface area contributed by atoms with Gasteiger partial charge in [-0.3, -0.25) is 19.2 Å². The first-order valence-electron chi connectivity index (χ1n) is 21.6. The number of carbonyl (C=O) groups excluding carboxylic acids is 3. The first-order valence-corrected chi connectivity index (χ1v) is 22.8. The number of methoxy groups -OCH3 is 1. The third-order valence-corrected chi connectivity index (χ3v) is 16.6. The molecule has 7 fully saturated rings. The number of nitrogens with zero attached hydrogens (tertiary/aromatic N) is 3. The minimum Gasteiger partial charge on any atom is -0.394 e. The molecule has 7 aliphatic rings. The van der Waals surface area contributed by atoms with Crippen molar-refractivity contribution in [1.29, 1.82) is 0 Å². The van der Waals surface area contributed by atoms with E-state index >= 15 is 0 Å². The minimum absolute atomic E-state index is 0.0413. The van der Waals surface area contributed by atoms with E-state index in [1.54, 1.807) is 38.1 Å². The quantitative estimate of drug-likeness (QED) is 0.176.